The van der Waals surface area contributed by atoms with E-state index in [4.69, 9.17) is 4.42 Å². The normalized spacial score (nSPS) is 11.5. The number of rotatable bonds is 3. The number of hydrogen-bond acceptors (Lipinski definition) is 4. The van der Waals surface area contributed by atoms with E-state index in [2.05, 4.69) is 4.37 Å². The van der Waals surface area contributed by atoms with Crippen molar-refractivity contribution in [2.75, 3.05) is 0 Å². The van der Waals surface area contributed by atoms with Crippen LogP contribution < -0.4 is 4.94 Å². The highest BCUT2D eigenvalue weighted by molar-refractivity contribution is 7.02. The standard InChI is InChI=1S/C16H11NO2S/c18-16-19-15(17-20-16)14(13-9-5-2-6-10-13)11-12-7-3-1-4-8-12/h1-11H/b14-11+. The number of nitrogens with zero attached hydrogens (tertiary/aromatic N) is 1. The van der Waals surface area contributed by atoms with Crippen molar-refractivity contribution in [1.82, 2.24) is 4.37 Å². The molecule has 0 aliphatic heterocycles. The van der Waals surface area contributed by atoms with E-state index in [9.17, 15) is 4.79 Å². The summed E-state index contributed by atoms with van der Waals surface area (Å²) < 4.78 is 9.24. The summed E-state index contributed by atoms with van der Waals surface area (Å²) in [7, 11) is 0. The third-order valence-electron chi connectivity index (χ3n) is 2.81. The molecule has 98 valence electrons. The average molecular weight is 281 g/mol. The minimum Gasteiger partial charge on any atom is -0.394 e. The summed E-state index contributed by atoms with van der Waals surface area (Å²) in [6, 6.07) is 19.6. The van der Waals surface area contributed by atoms with Crippen molar-refractivity contribution in [3.63, 3.8) is 0 Å². The van der Waals surface area contributed by atoms with Gasteiger partial charge >= 0.3 is 4.94 Å². The number of benzene rings is 2. The van der Waals surface area contributed by atoms with Gasteiger partial charge < -0.3 is 4.42 Å². The molecule has 0 radical (unpaired) electrons. The molecule has 0 amide bonds. The summed E-state index contributed by atoms with van der Waals surface area (Å²) in [6.07, 6.45) is 1.97. The second-order valence-corrected chi connectivity index (χ2v) is 4.87. The van der Waals surface area contributed by atoms with Crippen LogP contribution in [0.25, 0.3) is 11.6 Å². The van der Waals surface area contributed by atoms with Crippen LogP contribution in [0.4, 0.5) is 0 Å². The zero-order chi connectivity index (χ0) is 13.8. The Morgan fingerprint density at radius 1 is 1.00 bits per heavy atom. The summed E-state index contributed by atoms with van der Waals surface area (Å²) in [6.45, 7) is 0. The Labute approximate surface area is 120 Å². The highest BCUT2D eigenvalue weighted by Crippen LogP contribution is 2.24. The van der Waals surface area contributed by atoms with E-state index in [0.29, 0.717) is 5.89 Å². The second kappa shape index (κ2) is 5.67. The Bertz CT molecular complexity index is 773. The molecule has 1 aromatic heterocycles. The second-order valence-electron chi connectivity index (χ2n) is 4.17. The molecule has 2 aromatic carbocycles. The van der Waals surface area contributed by atoms with Crippen molar-refractivity contribution >= 4 is 23.2 Å². The zero-order valence-electron chi connectivity index (χ0n) is 10.5. The quantitative estimate of drug-likeness (QED) is 0.688. The Hall–Kier alpha value is -2.46. The van der Waals surface area contributed by atoms with Crippen LogP contribution in [0, 0.1) is 0 Å². The fourth-order valence-electron chi connectivity index (χ4n) is 1.90. The van der Waals surface area contributed by atoms with Crippen LogP contribution in [0.15, 0.2) is 69.9 Å². The number of hydrogen-bond donors (Lipinski definition) is 0. The monoisotopic (exact) mass is 281 g/mol. The summed E-state index contributed by atoms with van der Waals surface area (Å²) in [5.74, 6) is 0.357. The fraction of sp³-hybridized carbons (Fsp3) is 0. The van der Waals surface area contributed by atoms with E-state index in [1.54, 1.807) is 0 Å². The van der Waals surface area contributed by atoms with Gasteiger partial charge in [-0.15, -0.1) is 4.37 Å². The largest absolute Gasteiger partial charge is 0.414 e. The Balaban J connectivity index is 2.14. The van der Waals surface area contributed by atoms with Crippen LogP contribution in [-0.4, -0.2) is 4.37 Å². The molecule has 0 aliphatic rings. The third kappa shape index (κ3) is 2.75. The fourth-order valence-corrected chi connectivity index (χ4v) is 2.31. The van der Waals surface area contributed by atoms with E-state index in [0.717, 1.165) is 28.2 Å². The highest BCUT2D eigenvalue weighted by Gasteiger charge is 2.11. The highest BCUT2D eigenvalue weighted by atomic mass is 32.1. The molecule has 0 unspecified atom stereocenters. The van der Waals surface area contributed by atoms with Gasteiger partial charge in [-0.1, -0.05) is 60.7 Å². The van der Waals surface area contributed by atoms with E-state index in [-0.39, 0.29) is 0 Å². The van der Waals surface area contributed by atoms with Crippen molar-refractivity contribution in [2.45, 2.75) is 0 Å². The van der Waals surface area contributed by atoms with Gasteiger partial charge in [0.2, 0.25) is 5.89 Å². The SMILES string of the molecule is O=c1oc(/C(=C/c2ccccc2)c2ccccc2)ns1. The van der Waals surface area contributed by atoms with Gasteiger partial charge in [0, 0.05) is 5.57 Å². The molecule has 20 heavy (non-hydrogen) atoms. The lowest BCUT2D eigenvalue weighted by molar-refractivity contribution is 0.513. The first-order chi connectivity index (χ1) is 9.83. The van der Waals surface area contributed by atoms with Crippen molar-refractivity contribution in [2.24, 2.45) is 0 Å². The molecule has 3 nitrogen and oxygen atoms in total. The third-order valence-corrected chi connectivity index (χ3v) is 3.30. The van der Waals surface area contributed by atoms with Crippen LogP contribution in [0.5, 0.6) is 0 Å². The van der Waals surface area contributed by atoms with Crippen LogP contribution in [-0.2, 0) is 0 Å². The van der Waals surface area contributed by atoms with Crippen LogP contribution in [0.1, 0.15) is 17.0 Å². The van der Waals surface area contributed by atoms with Crippen molar-refractivity contribution in [3.8, 4) is 0 Å². The molecule has 0 bridgehead atoms. The van der Waals surface area contributed by atoms with E-state index in [1.165, 1.54) is 0 Å². The van der Waals surface area contributed by atoms with Gasteiger partial charge in [0.25, 0.3) is 0 Å². The molecule has 3 aromatic rings. The Kier molecular flexibility index (Phi) is 3.56. The smallest absolute Gasteiger partial charge is 0.394 e. The first-order valence-electron chi connectivity index (χ1n) is 6.12. The lowest BCUT2D eigenvalue weighted by atomic mass is 10.0. The molecular formula is C16H11NO2S. The van der Waals surface area contributed by atoms with Crippen LogP contribution in [0.2, 0.25) is 0 Å². The van der Waals surface area contributed by atoms with Crippen LogP contribution in [0.3, 0.4) is 0 Å². The first-order valence-corrected chi connectivity index (χ1v) is 6.89. The van der Waals surface area contributed by atoms with Gasteiger partial charge in [0.05, 0.1) is 11.5 Å². The van der Waals surface area contributed by atoms with E-state index >= 15 is 0 Å². The molecule has 0 N–H and O–H groups in total. The molecule has 0 spiro atoms. The molecule has 3 rings (SSSR count). The molecule has 4 heteroatoms. The molecule has 0 atom stereocenters. The van der Waals surface area contributed by atoms with Gasteiger partial charge in [-0.3, -0.25) is 0 Å². The van der Waals surface area contributed by atoms with Crippen LogP contribution >= 0.6 is 11.5 Å². The summed E-state index contributed by atoms with van der Waals surface area (Å²) in [5, 5.41) is 0. The van der Waals surface area contributed by atoms with Gasteiger partial charge in [0.15, 0.2) is 0 Å². The van der Waals surface area contributed by atoms with Gasteiger partial charge in [-0.2, -0.15) is 0 Å². The van der Waals surface area contributed by atoms with Crippen molar-refractivity contribution in [1.29, 1.82) is 0 Å². The maximum atomic E-state index is 11.2. The summed E-state index contributed by atoms with van der Waals surface area (Å²) in [4.78, 5) is 10.8. The van der Waals surface area contributed by atoms with Gasteiger partial charge in [-0.25, -0.2) is 4.79 Å². The molecule has 0 aliphatic carbocycles. The zero-order valence-corrected chi connectivity index (χ0v) is 11.3. The van der Waals surface area contributed by atoms with Crippen molar-refractivity contribution in [3.05, 3.63) is 87.4 Å². The van der Waals surface area contributed by atoms with Gasteiger partial charge in [-0.05, 0) is 17.2 Å². The average Bonchev–Trinajstić information content (AvgIpc) is 2.93. The molecular weight excluding hydrogens is 270 g/mol. The first kappa shape index (κ1) is 12.6. The lowest BCUT2D eigenvalue weighted by Gasteiger charge is -2.03. The minimum absolute atomic E-state index is 0.357. The molecule has 0 saturated heterocycles. The molecule has 0 saturated carbocycles. The maximum absolute atomic E-state index is 11.2. The summed E-state index contributed by atoms with van der Waals surface area (Å²) >= 11 is 0.825. The van der Waals surface area contributed by atoms with Gasteiger partial charge in [0.1, 0.15) is 0 Å². The predicted molar refractivity (Wildman–Crippen MR) is 80.5 cm³/mol. The van der Waals surface area contributed by atoms with E-state index < -0.39 is 4.94 Å². The Morgan fingerprint density at radius 3 is 2.25 bits per heavy atom. The lowest BCUT2D eigenvalue weighted by Crippen LogP contribution is -1.89. The topological polar surface area (TPSA) is 43.1 Å². The van der Waals surface area contributed by atoms with E-state index in [1.807, 2.05) is 66.7 Å². The van der Waals surface area contributed by atoms with Crippen molar-refractivity contribution < 1.29 is 4.42 Å². The minimum atomic E-state index is -0.394. The Morgan fingerprint density at radius 2 is 1.65 bits per heavy atom. The maximum Gasteiger partial charge on any atom is 0.414 e. The summed E-state index contributed by atoms with van der Waals surface area (Å²) in [5.41, 5.74) is 2.79. The molecule has 1 heterocycles. The predicted octanol–water partition coefficient (Wildman–Crippen LogP) is 3.69. The molecule has 0 fully saturated rings. The number of aromatic nitrogens is 1.